The monoisotopic (exact) mass is 376 g/mol. The highest BCUT2D eigenvalue weighted by molar-refractivity contribution is 6.07. The minimum absolute atomic E-state index is 0.201. The Morgan fingerprint density at radius 1 is 1.07 bits per heavy atom. The molecule has 0 fully saturated rings. The molecule has 0 unspecified atom stereocenters. The van der Waals surface area contributed by atoms with Crippen LogP contribution in [0.15, 0.2) is 72.3 Å². The van der Waals surface area contributed by atoms with Gasteiger partial charge < -0.3 is 9.47 Å². The van der Waals surface area contributed by atoms with Gasteiger partial charge in [0.2, 0.25) is 0 Å². The third-order valence-electron chi connectivity index (χ3n) is 4.87. The lowest BCUT2D eigenvalue weighted by Crippen LogP contribution is -2.34. The Hall–Kier alpha value is -3.14. The number of hydrogen-bond donors (Lipinski definition) is 0. The molecule has 2 aromatic rings. The van der Waals surface area contributed by atoms with Crippen molar-refractivity contribution in [3.05, 3.63) is 83.4 Å². The molecule has 1 aliphatic carbocycles. The number of ether oxygens (including phenoxy) is 2. The molecule has 144 valence electrons. The third-order valence-corrected chi connectivity index (χ3v) is 4.87. The molecule has 2 aromatic carbocycles. The van der Waals surface area contributed by atoms with E-state index in [0.29, 0.717) is 6.42 Å². The summed E-state index contributed by atoms with van der Waals surface area (Å²) < 4.78 is 10.3. The number of ketones is 1. The van der Waals surface area contributed by atoms with Crippen molar-refractivity contribution in [3.63, 3.8) is 0 Å². The minimum atomic E-state index is -0.791. The largest absolute Gasteiger partial charge is 0.497 e. The van der Waals surface area contributed by atoms with Crippen LogP contribution in [0.4, 0.5) is 0 Å². The maximum absolute atomic E-state index is 12.8. The van der Waals surface area contributed by atoms with Crippen molar-refractivity contribution in [2.45, 2.75) is 19.3 Å². The highest BCUT2D eigenvalue weighted by Gasteiger charge is 2.38. The fourth-order valence-electron chi connectivity index (χ4n) is 3.46. The van der Waals surface area contributed by atoms with Gasteiger partial charge in [-0.3, -0.25) is 9.59 Å². The molecule has 0 N–H and O–H groups in total. The van der Waals surface area contributed by atoms with Gasteiger partial charge in [0.05, 0.1) is 13.7 Å². The normalized spacial score (nSPS) is 19.4. The number of rotatable bonds is 6. The van der Waals surface area contributed by atoms with Crippen LogP contribution < -0.4 is 4.74 Å². The van der Waals surface area contributed by atoms with Gasteiger partial charge in [0, 0.05) is 5.92 Å². The fourth-order valence-corrected chi connectivity index (χ4v) is 3.46. The second-order valence-electron chi connectivity index (χ2n) is 6.68. The predicted octanol–water partition coefficient (Wildman–Crippen LogP) is 4.57. The van der Waals surface area contributed by atoms with E-state index in [2.05, 4.69) is 0 Å². The summed E-state index contributed by atoms with van der Waals surface area (Å²) in [5.74, 6) is -0.872. The number of carbonyl (C=O) groups excluding carboxylic acids is 2. The molecule has 0 heterocycles. The van der Waals surface area contributed by atoms with E-state index >= 15 is 0 Å². The lowest BCUT2D eigenvalue weighted by atomic mass is 9.75. The first-order valence-corrected chi connectivity index (χ1v) is 9.40. The van der Waals surface area contributed by atoms with Gasteiger partial charge >= 0.3 is 5.97 Å². The summed E-state index contributed by atoms with van der Waals surface area (Å²) in [5, 5.41) is 0. The highest BCUT2D eigenvalue weighted by atomic mass is 16.5. The predicted molar refractivity (Wildman–Crippen MR) is 109 cm³/mol. The second-order valence-corrected chi connectivity index (χ2v) is 6.68. The van der Waals surface area contributed by atoms with Crippen LogP contribution in [0.2, 0.25) is 0 Å². The molecule has 0 bridgehead atoms. The number of carbonyl (C=O) groups is 2. The van der Waals surface area contributed by atoms with Gasteiger partial charge in [-0.15, -0.1) is 0 Å². The summed E-state index contributed by atoms with van der Waals surface area (Å²) in [5.41, 5.74) is 2.88. The van der Waals surface area contributed by atoms with Crippen molar-refractivity contribution in [2.75, 3.05) is 13.7 Å². The Bertz CT molecular complexity index is 879. The zero-order chi connectivity index (χ0) is 19.9. The zero-order valence-electron chi connectivity index (χ0n) is 16.1. The number of hydrogen-bond acceptors (Lipinski definition) is 4. The molecule has 0 aromatic heterocycles. The first-order valence-electron chi connectivity index (χ1n) is 9.40. The molecule has 3 rings (SSSR count). The lowest BCUT2D eigenvalue weighted by molar-refractivity contribution is -0.151. The van der Waals surface area contributed by atoms with Gasteiger partial charge in [-0.05, 0) is 48.3 Å². The Kier molecular flexibility index (Phi) is 6.43. The molecule has 0 aliphatic heterocycles. The van der Waals surface area contributed by atoms with E-state index in [1.54, 1.807) is 20.1 Å². The maximum Gasteiger partial charge on any atom is 0.317 e. The summed E-state index contributed by atoms with van der Waals surface area (Å²) in [6.07, 6.45) is 6.08. The average Bonchev–Trinajstić information content (AvgIpc) is 2.73. The SMILES string of the molecule is CCOC(=O)[C@@H]1C(=O)C=C(/C=C/c2ccc(OC)cc2)C[C@H]1c1ccccc1. The second kappa shape index (κ2) is 9.18. The van der Waals surface area contributed by atoms with Crippen molar-refractivity contribution >= 4 is 17.8 Å². The molecular formula is C24H24O4. The summed E-state index contributed by atoms with van der Waals surface area (Å²) in [4.78, 5) is 25.2. The van der Waals surface area contributed by atoms with Crippen LogP contribution in [-0.4, -0.2) is 25.5 Å². The van der Waals surface area contributed by atoms with E-state index in [1.807, 2.05) is 66.7 Å². The Morgan fingerprint density at radius 3 is 2.43 bits per heavy atom. The smallest absolute Gasteiger partial charge is 0.317 e. The fraction of sp³-hybridized carbons (Fsp3) is 0.250. The van der Waals surface area contributed by atoms with Crippen molar-refractivity contribution < 1.29 is 19.1 Å². The Labute approximate surface area is 165 Å². The molecule has 1 aliphatic rings. The molecule has 28 heavy (non-hydrogen) atoms. The van der Waals surface area contributed by atoms with E-state index in [-0.39, 0.29) is 18.3 Å². The van der Waals surface area contributed by atoms with E-state index in [9.17, 15) is 9.59 Å². The number of methoxy groups -OCH3 is 1. The molecule has 4 nitrogen and oxygen atoms in total. The highest BCUT2D eigenvalue weighted by Crippen LogP contribution is 2.37. The molecule has 4 heteroatoms. The van der Waals surface area contributed by atoms with E-state index in [4.69, 9.17) is 9.47 Å². The van der Waals surface area contributed by atoms with Crippen LogP contribution in [0.3, 0.4) is 0 Å². The van der Waals surface area contributed by atoms with Crippen LogP contribution in [-0.2, 0) is 14.3 Å². The Balaban J connectivity index is 1.86. The van der Waals surface area contributed by atoms with Crippen molar-refractivity contribution in [3.8, 4) is 5.75 Å². The first kappa shape index (κ1) is 19.6. The number of allylic oxidation sites excluding steroid dienone is 3. The van der Waals surface area contributed by atoms with E-state index in [0.717, 1.165) is 22.4 Å². The van der Waals surface area contributed by atoms with Gasteiger partial charge in [-0.25, -0.2) is 0 Å². The summed E-state index contributed by atoms with van der Waals surface area (Å²) in [7, 11) is 1.63. The molecule has 0 radical (unpaired) electrons. The molecule has 0 amide bonds. The van der Waals surface area contributed by atoms with Crippen LogP contribution in [0.25, 0.3) is 6.08 Å². The van der Waals surface area contributed by atoms with Crippen LogP contribution in [0.1, 0.15) is 30.4 Å². The van der Waals surface area contributed by atoms with Gasteiger partial charge in [-0.2, -0.15) is 0 Å². The lowest BCUT2D eigenvalue weighted by Gasteiger charge is -2.28. The van der Waals surface area contributed by atoms with E-state index < -0.39 is 11.9 Å². The van der Waals surface area contributed by atoms with Crippen molar-refractivity contribution in [2.24, 2.45) is 5.92 Å². The zero-order valence-corrected chi connectivity index (χ0v) is 16.1. The standard InChI is InChI=1S/C24H24O4/c1-3-28-24(26)23-21(19-7-5-4-6-8-19)15-18(16-22(23)25)10-9-17-11-13-20(27-2)14-12-17/h4-14,16,21,23H,3,15H2,1-2H3/b10-9+/t21-,23-/m0/s1. The molecule has 2 atom stereocenters. The first-order chi connectivity index (χ1) is 13.6. The molecule has 0 saturated heterocycles. The topological polar surface area (TPSA) is 52.6 Å². The van der Waals surface area contributed by atoms with Crippen LogP contribution >= 0.6 is 0 Å². The van der Waals surface area contributed by atoms with Gasteiger partial charge in [-0.1, -0.05) is 54.6 Å². The molecule has 0 saturated carbocycles. The Morgan fingerprint density at radius 2 is 1.79 bits per heavy atom. The van der Waals surface area contributed by atoms with Crippen molar-refractivity contribution in [1.82, 2.24) is 0 Å². The number of benzene rings is 2. The maximum atomic E-state index is 12.8. The average molecular weight is 376 g/mol. The van der Waals surface area contributed by atoms with E-state index in [1.165, 1.54) is 0 Å². The third kappa shape index (κ3) is 4.58. The number of esters is 1. The molecule has 0 spiro atoms. The summed E-state index contributed by atoms with van der Waals surface area (Å²) >= 11 is 0. The quantitative estimate of drug-likeness (QED) is 0.547. The summed E-state index contributed by atoms with van der Waals surface area (Å²) in [6.45, 7) is 2.01. The van der Waals surface area contributed by atoms with Crippen LogP contribution in [0.5, 0.6) is 5.75 Å². The van der Waals surface area contributed by atoms with Crippen LogP contribution in [0, 0.1) is 5.92 Å². The molecular weight excluding hydrogens is 352 g/mol. The minimum Gasteiger partial charge on any atom is -0.497 e. The summed E-state index contributed by atoms with van der Waals surface area (Å²) in [6, 6.07) is 17.4. The van der Waals surface area contributed by atoms with Gasteiger partial charge in [0.25, 0.3) is 0 Å². The van der Waals surface area contributed by atoms with Gasteiger partial charge in [0.1, 0.15) is 11.7 Å². The van der Waals surface area contributed by atoms with Gasteiger partial charge in [0.15, 0.2) is 5.78 Å². The van der Waals surface area contributed by atoms with Crippen molar-refractivity contribution in [1.29, 1.82) is 0 Å².